The first-order chi connectivity index (χ1) is 10.2. The summed E-state index contributed by atoms with van der Waals surface area (Å²) >= 11 is 4.20. The van der Waals surface area contributed by atoms with E-state index in [1.165, 1.54) is 0 Å². The molecule has 3 nitrogen and oxygen atoms in total. The lowest BCUT2D eigenvalue weighted by atomic mass is 10.2. The zero-order valence-corrected chi connectivity index (χ0v) is 12.3. The number of amides is 1. The van der Waals surface area contributed by atoms with Gasteiger partial charge in [-0.05, 0) is 29.8 Å². The molecule has 21 heavy (non-hydrogen) atoms. The molecule has 0 aromatic heterocycles. The lowest BCUT2D eigenvalue weighted by molar-refractivity contribution is 0.141. The van der Waals surface area contributed by atoms with Crippen molar-refractivity contribution < 1.29 is 9.53 Å². The number of rotatable bonds is 3. The largest absolute Gasteiger partial charge is 0.445 e. The van der Waals surface area contributed by atoms with Crippen LogP contribution in [0.3, 0.4) is 0 Å². The highest BCUT2D eigenvalue weighted by molar-refractivity contribution is 7.80. The fraction of sp³-hybridized carbons (Fsp3) is 0.118. The first-order valence-corrected chi connectivity index (χ1v) is 6.91. The van der Waals surface area contributed by atoms with Crippen molar-refractivity contribution in [3.8, 4) is 11.8 Å². The number of hydrogen-bond donors (Lipinski definition) is 2. The van der Waals surface area contributed by atoms with E-state index in [0.717, 1.165) is 16.0 Å². The molecule has 2 aromatic rings. The summed E-state index contributed by atoms with van der Waals surface area (Å²) in [6, 6.07) is 17.0. The number of alkyl carbamates (subject to hydrolysis) is 1. The van der Waals surface area contributed by atoms with Crippen LogP contribution in [-0.4, -0.2) is 12.6 Å². The van der Waals surface area contributed by atoms with Gasteiger partial charge in [-0.1, -0.05) is 42.2 Å². The topological polar surface area (TPSA) is 38.3 Å². The predicted octanol–water partition coefficient (Wildman–Crippen LogP) is 3.25. The number of hydrogen-bond acceptors (Lipinski definition) is 3. The average molecular weight is 297 g/mol. The van der Waals surface area contributed by atoms with Gasteiger partial charge in [-0.25, -0.2) is 4.79 Å². The number of ether oxygens (including phenoxy) is 1. The number of thiol groups is 1. The van der Waals surface area contributed by atoms with Gasteiger partial charge >= 0.3 is 6.09 Å². The standard InChI is InChI=1S/C17H15NO2S/c19-17(20-13-15-5-2-1-3-6-15)18-12-4-7-14-8-10-16(21)11-9-14/h1-3,5-6,8-11,21H,12-13H2,(H,18,19). The van der Waals surface area contributed by atoms with Crippen molar-refractivity contribution in [2.45, 2.75) is 11.5 Å². The van der Waals surface area contributed by atoms with E-state index in [-0.39, 0.29) is 13.2 Å². The van der Waals surface area contributed by atoms with Crippen LogP contribution in [0.15, 0.2) is 59.5 Å². The van der Waals surface area contributed by atoms with Gasteiger partial charge in [0, 0.05) is 10.5 Å². The van der Waals surface area contributed by atoms with Crippen LogP contribution in [-0.2, 0) is 11.3 Å². The highest BCUT2D eigenvalue weighted by atomic mass is 32.1. The zero-order valence-electron chi connectivity index (χ0n) is 11.4. The summed E-state index contributed by atoms with van der Waals surface area (Å²) in [5.74, 6) is 5.81. The molecule has 2 rings (SSSR count). The minimum absolute atomic E-state index is 0.246. The second-order valence-corrected chi connectivity index (χ2v) is 4.78. The minimum Gasteiger partial charge on any atom is -0.445 e. The molecule has 1 amide bonds. The summed E-state index contributed by atoms with van der Waals surface area (Å²) in [6.45, 7) is 0.500. The van der Waals surface area contributed by atoms with Crippen molar-refractivity contribution in [1.29, 1.82) is 0 Å². The molecule has 0 atom stereocenters. The summed E-state index contributed by atoms with van der Waals surface area (Å²) < 4.78 is 5.07. The molecule has 0 saturated heterocycles. The van der Waals surface area contributed by atoms with Gasteiger partial charge in [0.05, 0.1) is 6.54 Å². The van der Waals surface area contributed by atoms with Gasteiger partial charge in [-0.15, -0.1) is 12.6 Å². The molecule has 106 valence electrons. The molecule has 0 aliphatic carbocycles. The van der Waals surface area contributed by atoms with Gasteiger partial charge in [0.15, 0.2) is 0 Å². The van der Waals surface area contributed by atoms with Gasteiger partial charge in [0.2, 0.25) is 0 Å². The first-order valence-electron chi connectivity index (χ1n) is 6.46. The Morgan fingerprint density at radius 2 is 1.81 bits per heavy atom. The van der Waals surface area contributed by atoms with Crippen molar-refractivity contribution >= 4 is 18.7 Å². The molecule has 0 fully saturated rings. The third-order valence-electron chi connectivity index (χ3n) is 2.63. The molecule has 2 aromatic carbocycles. The summed E-state index contributed by atoms with van der Waals surface area (Å²) in [6.07, 6.45) is -0.473. The minimum atomic E-state index is -0.473. The molecule has 0 heterocycles. The fourth-order valence-electron chi connectivity index (χ4n) is 1.58. The number of benzene rings is 2. The lowest BCUT2D eigenvalue weighted by Crippen LogP contribution is -2.24. The van der Waals surface area contributed by atoms with Crippen LogP contribution < -0.4 is 5.32 Å². The summed E-state index contributed by atoms with van der Waals surface area (Å²) in [5, 5.41) is 2.58. The summed E-state index contributed by atoms with van der Waals surface area (Å²) in [4.78, 5) is 12.4. The van der Waals surface area contributed by atoms with E-state index in [1.807, 2.05) is 54.6 Å². The molecular weight excluding hydrogens is 282 g/mol. The Labute approximate surface area is 129 Å². The summed E-state index contributed by atoms with van der Waals surface area (Å²) in [5.41, 5.74) is 1.83. The quantitative estimate of drug-likeness (QED) is 0.674. The molecule has 0 radical (unpaired) electrons. The number of carbonyl (C=O) groups is 1. The second-order valence-electron chi connectivity index (χ2n) is 4.26. The third kappa shape index (κ3) is 5.64. The van der Waals surface area contributed by atoms with E-state index >= 15 is 0 Å². The second kappa shape index (κ2) is 8.03. The van der Waals surface area contributed by atoms with E-state index in [2.05, 4.69) is 29.8 Å². The fourth-order valence-corrected chi connectivity index (χ4v) is 1.73. The molecule has 0 unspecified atom stereocenters. The van der Waals surface area contributed by atoms with E-state index in [9.17, 15) is 4.79 Å². The normalized spacial score (nSPS) is 9.38. The Bertz CT molecular complexity index is 642. The van der Waals surface area contributed by atoms with Gasteiger partial charge in [0.25, 0.3) is 0 Å². The number of carbonyl (C=O) groups excluding carboxylic acids is 1. The molecule has 4 heteroatoms. The van der Waals surface area contributed by atoms with E-state index in [1.54, 1.807) is 0 Å². The Kier molecular flexibility index (Phi) is 5.74. The van der Waals surface area contributed by atoms with Crippen molar-refractivity contribution in [3.05, 3.63) is 65.7 Å². The molecule has 0 saturated carbocycles. The predicted molar refractivity (Wildman–Crippen MR) is 85.2 cm³/mol. The molecule has 0 spiro atoms. The van der Waals surface area contributed by atoms with Crippen molar-refractivity contribution in [3.63, 3.8) is 0 Å². The SMILES string of the molecule is O=C(NCC#Cc1ccc(S)cc1)OCc1ccccc1. The molecule has 0 aliphatic heterocycles. The van der Waals surface area contributed by atoms with Crippen LogP contribution >= 0.6 is 12.6 Å². The highest BCUT2D eigenvalue weighted by Crippen LogP contribution is 2.06. The smallest absolute Gasteiger partial charge is 0.408 e. The van der Waals surface area contributed by atoms with E-state index in [0.29, 0.717) is 0 Å². The van der Waals surface area contributed by atoms with Gasteiger partial charge in [-0.3, -0.25) is 0 Å². The van der Waals surface area contributed by atoms with Crippen LogP contribution in [0, 0.1) is 11.8 Å². The highest BCUT2D eigenvalue weighted by Gasteiger charge is 1.99. The van der Waals surface area contributed by atoms with Gasteiger partial charge in [-0.2, -0.15) is 0 Å². The Morgan fingerprint density at radius 1 is 1.10 bits per heavy atom. The van der Waals surface area contributed by atoms with Crippen LogP contribution in [0.4, 0.5) is 4.79 Å². The first kappa shape index (κ1) is 15.0. The maximum atomic E-state index is 11.5. The van der Waals surface area contributed by atoms with Crippen LogP contribution in [0.25, 0.3) is 0 Å². The molecular formula is C17H15NO2S. The maximum absolute atomic E-state index is 11.5. The van der Waals surface area contributed by atoms with E-state index < -0.39 is 6.09 Å². The molecule has 0 aliphatic rings. The Balaban J connectivity index is 1.71. The summed E-state index contributed by atoms with van der Waals surface area (Å²) in [7, 11) is 0. The van der Waals surface area contributed by atoms with Crippen molar-refractivity contribution in [1.82, 2.24) is 5.32 Å². The average Bonchev–Trinajstić information content (AvgIpc) is 2.52. The van der Waals surface area contributed by atoms with Crippen LogP contribution in [0.5, 0.6) is 0 Å². The Hall–Kier alpha value is -2.38. The molecule has 0 bridgehead atoms. The number of nitrogens with one attached hydrogen (secondary N) is 1. The van der Waals surface area contributed by atoms with Crippen molar-refractivity contribution in [2.75, 3.05) is 6.54 Å². The van der Waals surface area contributed by atoms with Crippen LogP contribution in [0.2, 0.25) is 0 Å². The maximum Gasteiger partial charge on any atom is 0.408 e. The monoisotopic (exact) mass is 297 g/mol. The lowest BCUT2D eigenvalue weighted by Gasteiger charge is -2.04. The van der Waals surface area contributed by atoms with Crippen molar-refractivity contribution in [2.24, 2.45) is 0 Å². The zero-order chi connectivity index (χ0) is 14.9. The Morgan fingerprint density at radius 3 is 2.52 bits per heavy atom. The molecule has 1 N–H and O–H groups in total. The van der Waals surface area contributed by atoms with Crippen LogP contribution in [0.1, 0.15) is 11.1 Å². The van der Waals surface area contributed by atoms with E-state index in [4.69, 9.17) is 4.74 Å². The van der Waals surface area contributed by atoms with Gasteiger partial charge < -0.3 is 10.1 Å². The van der Waals surface area contributed by atoms with Gasteiger partial charge in [0.1, 0.15) is 6.61 Å². The third-order valence-corrected chi connectivity index (χ3v) is 2.93.